The Hall–Kier alpha value is -3.35. The molecular formula is C23H28N2O5. The van der Waals surface area contributed by atoms with Crippen LogP contribution in [0.25, 0.3) is 0 Å². The topological polar surface area (TPSA) is 105 Å². The van der Waals surface area contributed by atoms with Gasteiger partial charge in [0.15, 0.2) is 0 Å². The van der Waals surface area contributed by atoms with Crippen LogP contribution in [0.4, 0.5) is 4.79 Å². The van der Waals surface area contributed by atoms with Gasteiger partial charge >= 0.3 is 12.1 Å². The number of aliphatic carboxylic acids is 1. The van der Waals surface area contributed by atoms with E-state index in [-0.39, 0.29) is 25.4 Å². The molecule has 0 bridgehead atoms. The van der Waals surface area contributed by atoms with Crippen molar-refractivity contribution in [3.63, 3.8) is 0 Å². The number of carboxylic acid groups (broad SMARTS) is 1. The predicted octanol–water partition coefficient (Wildman–Crippen LogP) is 3.14. The van der Waals surface area contributed by atoms with Gasteiger partial charge in [-0.3, -0.25) is 4.79 Å². The normalized spacial score (nSPS) is 12.6. The Kier molecular flexibility index (Phi) is 8.87. The minimum absolute atomic E-state index is 0.0669. The Morgan fingerprint density at radius 3 is 1.97 bits per heavy atom. The SMILES string of the molecule is CC(C)C[C@@H](NC(=O)[C@H](Cc1ccccc1)NC(=O)OCc1ccccc1)C(=O)O. The van der Waals surface area contributed by atoms with Gasteiger partial charge in [0.05, 0.1) is 0 Å². The first-order chi connectivity index (χ1) is 14.3. The zero-order chi connectivity index (χ0) is 21.9. The molecule has 2 rings (SSSR count). The number of hydrogen-bond donors (Lipinski definition) is 3. The van der Waals surface area contributed by atoms with Crippen LogP contribution < -0.4 is 10.6 Å². The Bertz CT molecular complexity index is 824. The monoisotopic (exact) mass is 412 g/mol. The van der Waals surface area contributed by atoms with E-state index in [0.717, 1.165) is 11.1 Å². The molecule has 0 aliphatic rings. The van der Waals surface area contributed by atoms with Crippen LogP contribution in [0.5, 0.6) is 0 Å². The summed E-state index contributed by atoms with van der Waals surface area (Å²) >= 11 is 0. The molecule has 0 spiro atoms. The summed E-state index contributed by atoms with van der Waals surface area (Å²) in [7, 11) is 0. The van der Waals surface area contributed by atoms with Crippen molar-refractivity contribution >= 4 is 18.0 Å². The molecule has 0 saturated heterocycles. The fourth-order valence-corrected chi connectivity index (χ4v) is 2.93. The first-order valence-corrected chi connectivity index (χ1v) is 9.89. The van der Waals surface area contributed by atoms with Crippen LogP contribution >= 0.6 is 0 Å². The number of carbonyl (C=O) groups is 3. The Morgan fingerprint density at radius 2 is 1.43 bits per heavy atom. The second-order valence-corrected chi connectivity index (χ2v) is 7.48. The molecule has 160 valence electrons. The third-order valence-electron chi connectivity index (χ3n) is 4.43. The van der Waals surface area contributed by atoms with E-state index in [4.69, 9.17) is 4.74 Å². The smallest absolute Gasteiger partial charge is 0.408 e. The number of hydrogen-bond acceptors (Lipinski definition) is 4. The van der Waals surface area contributed by atoms with Crippen molar-refractivity contribution in [1.82, 2.24) is 10.6 Å². The zero-order valence-corrected chi connectivity index (χ0v) is 17.2. The molecule has 2 atom stereocenters. The van der Waals surface area contributed by atoms with Crippen LogP contribution in [0.2, 0.25) is 0 Å². The van der Waals surface area contributed by atoms with Crippen LogP contribution in [0.1, 0.15) is 31.4 Å². The third-order valence-corrected chi connectivity index (χ3v) is 4.43. The lowest BCUT2D eigenvalue weighted by Gasteiger charge is -2.22. The van der Waals surface area contributed by atoms with Crippen LogP contribution in [0.15, 0.2) is 60.7 Å². The number of carbonyl (C=O) groups excluding carboxylic acids is 2. The number of alkyl carbamates (subject to hydrolysis) is 1. The Morgan fingerprint density at radius 1 is 0.867 bits per heavy atom. The molecule has 0 saturated carbocycles. The van der Waals surface area contributed by atoms with E-state index in [9.17, 15) is 19.5 Å². The van der Waals surface area contributed by atoms with Crippen molar-refractivity contribution in [3.05, 3.63) is 71.8 Å². The molecule has 0 aliphatic carbocycles. The van der Waals surface area contributed by atoms with E-state index in [1.165, 1.54) is 0 Å². The van der Waals surface area contributed by atoms with Crippen molar-refractivity contribution in [1.29, 1.82) is 0 Å². The summed E-state index contributed by atoms with van der Waals surface area (Å²) < 4.78 is 5.22. The summed E-state index contributed by atoms with van der Waals surface area (Å²) in [5, 5.41) is 14.5. The van der Waals surface area contributed by atoms with E-state index in [1.54, 1.807) is 0 Å². The highest BCUT2D eigenvalue weighted by atomic mass is 16.5. The van der Waals surface area contributed by atoms with E-state index < -0.39 is 30.1 Å². The molecule has 2 amide bonds. The molecule has 0 aromatic heterocycles. The molecule has 30 heavy (non-hydrogen) atoms. The molecule has 7 heteroatoms. The van der Waals surface area contributed by atoms with Crippen molar-refractivity contribution in [2.75, 3.05) is 0 Å². The summed E-state index contributed by atoms with van der Waals surface area (Å²) in [6, 6.07) is 16.4. The maximum Gasteiger partial charge on any atom is 0.408 e. The Balaban J connectivity index is 2.06. The quantitative estimate of drug-likeness (QED) is 0.556. The average Bonchev–Trinajstić information content (AvgIpc) is 2.72. The highest BCUT2D eigenvalue weighted by molar-refractivity contribution is 5.89. The van der Waals surface area contributed by atoms with Crippen LogP contribution in [-0.2, 0) is 27.4 Å². The average molecular weight is 412 g/mol. The minimum atomic E-state index is -1.11. The van der Waals surface area contributed by atoms with Gasteiger partial charge in [0.25, 0.3) is 0 Å². The van der Waals surface area contributed by atoms with E-state index in [0.29, 0.717) is 0 Å². The predicted molar refractivity (Wildman–Crippen MR) is 113 cm³/mol. The van der Waals surface area contributed by atoms with Crippen molar-refractivity contribution in [3.8, 4) is 0 Å². The second kappa shape index (κ2) is 11.6. The summed E-state index contributed by atoms with van der Waals surface area (Å²) in [4.78, 5) is 36.6. The van der Waals surface area contributed by atoms with Crippen LogP contribution in [-0.4, -0.2) is 35.2 Å². The highest BCUT2D eigenvalue weighted by Gasteiger charge is 2.27. The number of amides is 2. The van der Waals surface area contributed by atoms with Gasteiger partial charge < -0.3 is 20.5 Å². The molecule has 3 N–H and O–H groups in total. The summed E-state index contributed by atoms with van der Waals surface area (Å²) in [5.74, 6) is -1.59. The van der Waals surface area contributed by atoms with Gasteiger partial charge in [-0.2, -0.15) is 0 Å². The molecule has 0 unspecified atom stereocenters. The maximum absolute atomic E-state index is 12.8. The number of ether oxygens (including phenoxy) is 1. The lowest BCUT2D eigenvalue weighted by atomic mass is 10.0. The number of benzene rings is 2. The molecule has 0 aliphatic heterocycles. The fraction of sp³-hybridized carbons (Fsp3) is 0.348. The van der Waals surface area contributed by atoms with Gasteiger partial charge in [0, 0.05) is 6.42 Å². The number of carboxylic acids is 1. The largest absolute Gasteiger partial charge is 0.480 e. The van der Waals surface area contributed by atoms with Crippen molar-refractivity contribution < 1.29 is 24.2 Å². The molecule has 2 aromatic carbocycles. The Labute approximate surface area is 176 Å². The van der Waals surface area contributed by atoms with Crippen LogP contribution in [0.3, 0.4) is 0 Å². The van der Waals surface area contributed by atoms with Gasteiger partial charge in [0.2, 0.25) is 5.91 Å². The maximum atomic E-state index is 12.8. The molecule has 0 fully saturated rings. The summed E-state index contributed by atoms with van der Waals surface area (Å²) in [6.07, 6.45) is -0.246. The van der Waals surface area contributed by atoms with Gasteiger partial charge in [-0.15, -0.1) is 0 Å². The molecule has 7 nitrogen and oxygen atoms in total. The van der Waals surface area contributed by atoms with Crippen molar-refractivity contribution in [2.45, 2.75) is 45.4 Å². The van der Waals surface area contributed by atoms with Gasteiger partial charge in [0.1, 0.15) is 18.7 Å². The zero-order valence-electron chi connectivity index (χ0n) is 17.2. The van der Waals surface area contributed by atoms with Crippen LogP contribution in [0, 0.1) is 5.92 Å². The minimum Gasteiger partial charge on any atom is -0.480 e. The van der Waals surface area contributed by atoms with Gasteiger partial charge in [-0.1, -0.05) is 74.5 Å². The lowest BCUT2D eigenvalue weighted by molar-refractivity contribution is -0.142. The highest BCUT2D eigenvalue weighted by Crippen LogP contribution is 2.08. The standard InChI is InChI=1S/C23H28N2O5/c1-16(2)13-20(22(27)28)24-21(26)19(14-17-9-5-3-6-10-17)25-23(29)30-15-18-11-7-4-8-12-18/h3-12,16,19-20H,13-15H2,1-2H3,(H,24,26)(H,25,29)(H,27,28)/t19-,20+/m0/s1. The number of rotatable bonds is 10. The second-order valence-electron chi connectivity index (χ2n) is 7.48. The first-order valence-electron chi connectivity index (χ1n) is 9.89. The summed E-state index contributed by atoms with van der Waals surface area (Å²) in [5.41, 5.74) is 1.65. The molecule has 0 radical (unpaired) electrons. The van der Waals surface area contributed by atoms with Gasteiger partial charge in [-0.25, -0.2) is 9.59 Å². The lowest BCUT2D eigenvalue weighted by Crippen LogP contribution is -2.52. The van der Waals surface area contributed by atoms with Crippen molar-refractivity contribution in [2.24, 2.45) is 5.92 Å². The third kappa shape index (κ3) is 7.95. The fourth-order valence-electron chi connectivity index (χ4n) is 2.93. The molecular weight excluding hydrogens is 384 g/mol. The van der Waals surface area contributed by atoms with Gasteiger partial charge in [-0.05, 0) is 23.5 Å². The summed E-state index contributed by atoms with van der Waals surface area (Å²) in [6.45, 7) is 3.82. The van der Waals surface area contributed by atoms with E-state index >= 15 is 0 Å². The van der Waals surface area contributed by atoms with E-state index in [1.807, 2.05) is 74.5 Å². The van der Waals surface area contributed by atoms with E-state index in [2.05, 4.69) is 10.6 Å². The number of nitrogens with one attached hydrogen (secondary N) is 2. The molecule has 0 heterocycles. The first kappa shape index (κ1) is 22.9. The molecule has 2 aromatic rings.